The average Bonchev–Trinajstić information content (AvgIpc) is 3.13. The Kier molecular flexibility index (Phi) is 4.99. The Morgan fingerprint density at radius 3 is 2.81 bits per heavy atom. The maximum Gasteiger partial charge on any atom is 0.511 e. The molecule has 0 spiro atoms. The summed E-state index contributed by atoms with van der Waals surface area (Å²) in [5, 5.41) is 9.03. The highest BCUT2D eigenvalue weighted by atomic mass is 16.7. The number of carbonyl (C=O) groups is 1. The Morgan fingerprint density at radius 1 is 1.12 bits per heavy atom. The molecule has 1 aliphatic rings. The van der Waals surface area contributed by atoms with E-state index in [0.29, 0.717) is 18.9 Å². The van der Waals surface area contributed by atoms with Gasteiger partial charge in [-0.2, -0.15) is 0 Å². The Bertz CT molecular complexity index is 1360. The van der Waals surface area contributed by atoms with Gasteiger partial charge in [0.1, 0.15) is 23.9 Å². The molecular weight excluding hydrogens is 408 g/mol. The second-order valence-corrected chi connectivity index (χ2v) is 7.34. The summed E-state index contributed by atoms with van der Waals surface area (Å²) >= 11 is 0. The smallest absolute Gasteiger partial charge is 0.497 e. The van der Waals surface area contributed by atoms with Crippen LogP contribution < -0.4 is 14.2 Å². The number of imidazole rings is 1. The van der Waals surface area contributed by atoms with Crippen LogP contribution >= 0.6 is 0 Å². The number of nitrogens with zero attached hydrogens (tertiary/aromatic N) is 2. The number of allylic oxidation sites excluding steroid dienone is 1. The van der Waals surface area contributed by atoms with E-state index in [1.54, 1.807) is 31.6 Å². The van der Waals surface area contributed by atoms with Gasteiger partial charge in [-0.05, 0) is 47.0 Å². The van der Waals surface area contributed by atoms with Gasteiger partial charge in [0.15, 0.2) is 0 Å². The number of aromatic nitrogens is 2. The second-order valence-electron chi connectivity index (χ2n) is 7.34. The lowest BCUT2D eigenvalue weighted by atomic mass is 9.94. The first kappa shape index (κ1) is 19.7. The average molecular weight is 428 g/mol. The largest absolute Gasteiger partial charge is 0.511 e. The van der Waals surface area contributed by atoms with E-state index in [2.05, 4.69) is 11.1 Å². The van der Waals surface area contributed by atoms with E-state index in [-0.39, 0.29) is 5.75 Å². The molecule has 7 heteroatoms. The third-order valence-corrected chi connectivity index (χ3v) is 5.46. The quantitative estimate of drug-likeness (QED) is 0.359. The molecule has 0 saturated heterocycles. The number of hydrogen-bond acceptors (Lipinski definition) is 5. The van der Waals surface area contributed by atoms with E-state index in [0.717, 1.165) is 39.0 Å². The predicted molar refractivity (Wildman–Crippen MR) is 119 cm³/mol. The molecule has 1 aromatic heterocycles. The molecular formula is C25H20N2O5. The van der Waals surface area contributed by atoms with Crippen LogP contribution in [0.2, 0.25) is 0 Å². The molecule has 160 valence electrons. The minimum absolute atomic E-state index is 0.241. The summed E-state index contributed by atoms with van der Waals surface area (Å²) in [5.74, 6) is 1.67. The van der Waals surface area contributed by atoms with Gasteiger partial charge in [0.05, 0.1) is 24.5 Å². The van der Waals surface area contributed by atoms with Gasteiger partial charge in [-0.25, -0.2) is 9.78 Å². The molecule has 0 radical (unpaired) electrons. The van der Waals surface area contributed by atoms with Crippen LogP contribution in [0.3, 0.4) is 0 Å². The number of carboxylic acid groups (broad SMARTS) is 1. The van der Waals surface area contributed by atoms with Crippen molar-refractivity contribution in [1.29, 1.82) is 0 Å². The van der Waals surface area contributed by atoms with Crippen LogP contribution in [0.4, 0.5) is 4.79 Å². The van der Waals surface area contributed by atoms with Crippen LogP contribution in [0.5, 0.6) is 17.2 Å². The summed E-state index contributed by atoms with van der Waals surface area (Å²) in [6.45, 7) is 0.989. The third-order valence-electron chi connectivity index (χ3n) is 5.46. The molecule has 1 aliphatic heterocycles. The maximum absolute atomic E-state index is 11.0. The number of fused-ring (bicyclic) bond motifs is 3. The Hall–Kier alpha value is -4.26. The number of rotatable bonds is 4. The molecule has 0 fully saturated rings. The molecule has 5 rings (SSSR count). The molecule has 2 heterocycles. The van der Waals surface area contributed by atoms with Gasteiger partial charge in [-0.3, -0.25) is 0 Å². The fraction of sp³-hybridized carbons (Fsp3) is 0.120. The van der Waals surface area contributed by atoms with Gasteiger partial charge < -0.3 is 23.9 Å². The lowest BCUT2D eigenvalue weighted by Gasteiger charge is -2.12. The highest BCUT2D eigenvalue weighted by molar-refractivity contribution is 5.86. The fourth-order valence-corrected chi connectivity index (χ4v) is 3.94. The first-order chi connectivity index (χ1) is 15.6. The summed E-state index contributed by atoms with van der Waals surface area (Å²) in [4.78, 5) is 15.5. The van der Waals surface area contributed by atoms with Crippen molar-refractivity contribution in [3.8, 4) is 17.2 Å². The summed E-state index contributed by atoms with van der Waals surface area (Å²) < 4.78 is 18.3. The van der Waals surface area contributed by atoms with Gasteiger partial charge in [-0.1, -0.05) is 30.3 Å². The molecule has 0 amide bonds. The van der Waals surface area contributed by atoms with Crippen molar-refractivity contribution in [2.24, 2.45) is 0 Å². The second kappa shape index (κ2) is 8.11. The van der Waals surface area contributed by atoms with Crippen LogP contribution in [0.25, 0.3) is 16.6 Å². The van der Waals surface area contributed by atoms with Crippen molar-refractivity contribution < 1.29 is 24.1 Å². The van der Waals surface area contributed by atoms with Crippen molar-refractivity contribution >= 4 is 22.8 Å². The fourth-order valence-electron chi connectivity index (χ4n) is 3.94. The van der Waals surface area contributed by atoms with Crippen molar-refractivity contribution in [3.63, 3.8) is 0 Å². The van der Waals surface area contributed by atoms with Crippen LogP contribution in [0.15, 0.2) is 73.1 Å². The van der Waals surface area contributed by atoms with Crippen LogP contribution in [-0.2, 0) is 13.2 Å². The van der Waals surface area contributed by atoms with Gasteiger partial charge in [0, 0.05) is 18.2 Å². The molecule has 0 atom stereocenters. The van der Waals surface area contributed by atoms with E-state index >= 15 is 0 Å². The third kappa shape index (κ3) is 3.65. The standard InChI is InChI=1S/C25H20N2O5/c1-30-17-6-8-23-22(13-17)26-15-27(23)11-10-20-19-5-3-2-4-16(19)14-31-24-9-7-18(12-21(20)24)32-25(28)29/h2-10,12-13,15H,11,14H2,1H3,(H,28,29). The van der Waals surface area contributed by atoms with Crippen molar-refractivity contribution in [2.45, 2.75) is 13.2 Å². The van der Waals surface area contributed by atoms with Crippen molar-refractivity contribution in [3.05, 3.63) is 89.8 Å². The summed E-state index contributed by atoms with van der Waals surface area (Å²) in [7, 11) is 1.63. The van der Waals surface area contributed by atoms with E-state index in [4.69, 9.17) is 19.3 Å². The number of methoxy groups -OCH3 is 1. The zero-order valence-electron chi connectivity index (χ0n) is 17.3. The highest BCUT2D eigenvalue weighted by Crippen LogP contribution is 2.39. The molecule has 7 nitrogen and oxygen atoms in total. The summed E-state index contributed by atoms with van der Waals surface area (Å²) in [5.41, 5.74) is 5.65. The predicted octanol–water partition coefficient (Wildman–Crippen LogP) is 5.13. The van der Waals surface area contributed by atoms with E-state index in [9.17, 15) is 4.79 Å². The molecule has 0 saturated carbocycles. The molecule has 4 aromatic rings. The lowest BCUT2D eigenvalue weighted by molar-refractivity contribution is 0.144. The van der Waals surface area contributed by atoms with Gasteiger partial charge in [-0.15, -0.1) is 0 Å². The monoisotopic (exact) mass is 428 g/mol. The molecule has 0 aliphatic carbocycles. The minimum atomic E-state index is -1.36. The zero-order valence-corrected chi connectivity index (χ0v) is 17.3. The first-order valence-corrected chi connectivity index (χ1v) is 10.1. The van der Waals surface area contributed by atoms with Crippen LogP contribution in [0, 0.1) is 0 Å². The summed E-state index contributed by atoms with van der Waals surface area (Å²) in [6.07, 6.45) is 2.54. The van der Waals surface area contributed by atoms with Crippen molar-refractivity contribution in [2.75, 3.05) is 7.11 Å². The molecule has 3 aromatic carbocycles. The van der Waals surface area contributed by atoms with Gasteiger partial charge in [0.2, 0.25) is 0 Å². The Morgan fingerprint density at radius 2 is 1.97 bits per heavy atom. The van der Waals surface area contributed by atoms with Crippen LogP contribution in [0.1, 0.15) is 16.7 Å². The normalized spacial score (nSPS) is 13.7. The van der Waals surface area contributed by atoms with Gasteiger partial charge in [0.25, 0.3) is 0 Å². The molecule has 0 bridgehead atoms. The van der Waals surface area contributed by atoms with Crippen molar-refractivity contribution in [1.82, 2.24) is 9.55 Å². The van der Waals surface area contributed by atoms with E-state index in [1.807, 2.05) is 47.0 Å². The first-order valence-electron chi connectivity index (χ1n) is 10.1. The minimum Gasteiger partial charge on any atom is -0.497 e. The maximum atomic E-state index is 11.0. The van der Waals surface area contributed by atoms with Gasteiger partial charge >= 0.3 is 6.16 Å². The highest BCUT2D eigenvalue weighted by Gasteiger charge is 2.20. The molecule has 1 N–H and O–H groups in total. The lowest BCUT2D eigenvalue weighted by Crippen LogP contribution is -2.03. The number of hydrogen-bond donors (Lipinski definition) is 1. The SMILES string of the molecule is COc1ccc2c(c1)ncn2CC=C1c2ccccc2COc2ccc(OC(=O)O)cc21. The topological polar surface area (TPSA) is 82.8 Å². The Labute approximate surface area is 184 Å². The molecule has 0 unspecified atom stereocenters. The van der Waals surface area contributed by atoms with E-state index < -0.39 is 6.16 Å². The molecule has 32 heavy (non-hydrogen) atoms. The van der Waals surface area contributed by atoms with E-state index in [1.165, 1.54) is 0 Å². The number of ether oxygens (including phenoxy) is 3. The summed E-state index contributed by atoms with van der Waals surface area (Å²) in [6, 6.07) is 18.9. The zero-order chi connectivity index (χ0) is 22.1. The number of benzene rings is 3. The Balaban J connectivity index is 1.60. The van der Waals surface area contributed by atoms with Crippen LogP contribution in [-0.4, -0.2) is 27.9 Å².